The van der Waals surface area contributed by atoms with E-state index in [1.165, 1.54) is 19.1 Å². The van der Waals surface area contributed by atoms with Crippen LogP contribution in [-0.2, 0) is 14.3 Å². The summed E-state index contributed by atoms with van der Waals surface area (Å²) in [7, 11) is 0. The Morgan fingerprint density at radius 3 is 2.81 bits per heavy atom. The van der Waals surface area contributed by atoms with Gasteiger partial charge in [-0.05, 0) is 37.6 Å². The lowest BCUT2D eigenvalue weighted by atomic mass is 10.2. The minimum atomic E-state index is -1.01. The molecule has 0 saturated carbocycles. The minimum Gasteiger partial charge on any atom is -0.486 e. The fourth-order valence-corrected chi connectivity index (χ4v) is 2.59. The number of halogens is 1. The number of fused-ring (bicyclic) bond motifs is 1. The predicted molar refractivity (Wildman–Crippen MR) is 96.9 cm³/mol. The summed E-state index contributed by atoms with van der Waals surface area (Å²) in [5, 5.41) is 6.52. The van der Waals surface area contributed by atoms with Gasteiger partial charge in [-0.25, -0.2) is 4.79 Å². The number of rotatable bonds is 5. The zero-order chi connectivity index (χ0) is 19.4. The molecular weight excluding hydrogens is 376 g/mol. The van der Waals surface area contributed by atoms with Gasteiger partial charge in [0.05, 0.1) is 5.02 Å². The number of ether oxygens (including phenoxy) is 3. The molecule has 0 saturated heterocycles. The number of carbonyl (C=O) groups is 2. The van der Waals surface area contributed by atoms with E-state index >= 15 is 0 Å². The number of carbonyl (C=O) groups excluding carboxylic acids is 2. The lowest BCUT2D eigenvalue weighted by molar-refractivity contribution is -0.148. The normalized spacial score (nSPS) is 14.0. The van der Waals surface area contributed by atoms with Crippen LogP contribution in [0.1, 0.15) is 18.2 Å². The largest absolute Gasteiger partial charge is 0.486 e. The van der Waals surface area contributed by atoms with Gasteiger partial charge in [0.2, 0.25) is 0 Å². The first kappa shape index (κ1) is 18.8. The molecule has 0 aliphatic carbocycles. The van der Waals surface area contributed by atoms with Crippen molar-refractivity contribution in [2.24, 2.45) is 0 Å². The molecule has 1 aromatic heterocycles. The van der Waals surface area contributed by atoms with E-state index < -0.39 is 18.0 Å². The standard InChI is InChI=1S/C18H17ClN2O6/c1-10-7-15(21-27-10)20-18(23)11(2)26-16(22)4-3-12-8-13(19)17-14(9-12)24-5-6-25-17/h3-4,7-9,11H,5-6H2,1-2H3,(H,20,21,23)/b4-3+/t11-/m0/s1. The Kier molecular flexibility index (Phi) is 5.66. The van der Waals surface area contributed by atoms with Crippen LogP contribution in [0.2, 0.25) is 5.02 Å². The Morgan fingerprint density at radius 2 is 2.07 bits per heavy atom. The van der Waals surface area contributed by atoms with E-state index in [0.717, 1.165) is 0 Å². The number of hydrogen-bond acceptors (Lipinski definition) is 7. The lowest BCUT2D eigenvalue weighted by Crippen LogP contribution is -2.29. The van der Waals surface area contributed by atoms with Gasteiger partial charge in [0.25, 0.3) is 5.91 Å². The molecule has 1 aliphatic rings. The van der Waals surface area contributed by atoms with Gasteiger partial charge in [-0.15, -0.1) is 0 Å². The van der Waals surface area contributed by atoms with Crippen molar-refractivity contribution < 1.29 is 28.3 Å². The first-order chi connectivity index (χ1) is 12.9. The molecule has 8 nitrogen and oxygen atoms in total. The monoisotopic (exact) mass is 392 g/mol. The second kappa shape index (κ2) is 8.13. The zero-order valence-corrected chi connectivity index (χ0v) is 15.4. The Morgan fingerprint density at radius 1 is 1.30 bits per heavy atom. The highest BCUT2D eigenvalue weighted by molar-refractivity contribution is 6.32. The molecule has 142 valence electrons. The molecule has 1 aromatic carbocycles. The summed E-state index contributed by atoms with van der Waals surface area (Å²) in [4.78, 5) is 23.9. The Bertz CT molecular complexity index is 892. The summed E-state index contributed by atoms with van der Waals surface area (Å²) < 4.78 is 20.8. The molecule has 0 unspecified atom stereocenters. The second-order valence-corrected chi connectivity index (χ2v) is 6.16. The highest BCUT2D eigenvalue weighted by Gasteiger charge is 2.19. The molecule has 1 N–H and O–H groups in total. The molecule has 0 radical (unpaired) electrons. The van der Waals surface area contributed by atoms with Crippen molar-refractivity contribution in [1.82, 2.24) is 5.16 Å². The summed E-state index contributed by atoms with van der Waals surface area (Å²) in [6, 6.07) is 4.90. The van der Waals surface area contributed by atoms with Crippen LogP contribution >= 0.6 is 11.6 Å². The third kappa shape index (κ3) is 4.79. The summed E-state index contributed by atoms with van der Waals surface area (Å²) in [5.41, 5.74) is 0.636. The van der Waals surface area contributed by atoms with Gasteiger partial charge in [-0.1, -0.05) is 16.8 Å². The van der Waals surface area contributed by atoms with Crippen LogP contribution in [0.15, 0.2) is 28.8 Å². The van der Waals surface area contributed by atoms with E-state index in [0.29, 0.717) is 41.1 Å². The molecule has 9 heteroatoms. The maximum atomic E-state index is 12.0. The van der Waals surface area contributed by atoms with Crippen molar-refractivity contribution in [2.45, 2.75) is 20.0 Å². The van der Waals surface area contributed by atoms with Crippen LogP contribution in [0, 0.1) is 6.92 Å². The number of aromatic nitrogens is 1. The maximum absolute atomic E-state index is 12.0. The molecule has 0 spiro atoms. The maximum Gasteiger partial charge on any atom is 0.331 e. The van der Waals surface area contributed by atoms with Crippen LogP contribution in [-0.4, -0.2) is 36.4 Å². The number of esters is 1. The van der Waals surface area contributed by atoms with Gasteiger partial charge in [0.1, 0.15) is 19.0 Å². The predicted octanol–water partition coefficient (Wildman–Crippen LogP) is 2.99. The van der Waals surface area contributed by atoms with E-state index in [1.54, 1.807) is 25.1 Å². The second-order valence-electron chi connectivity index (χ2n) is 5.75. The third-order valence-corrected chi connectivity index (χ3v) is 3.85. The highest BCUT2D eigenvalue weighted by atomic mass is 35.5. The van der Waals surface area contributed by atoms with E-state index in [-0.39, 0.29) is 5.82 Å². The number of amides is 1. The molecular formula is C18H17ClN2O6. The number of anilines is 1. The topological polar surface area (TPSA) is 99.9 Å². The van der Waals surface area contributed by atoms with Crippen LogP contribution in [0.3, 0.4) is 0 Å². The van der Waals surface area contributed by atoms with Crippen LogP contribution < -0.4 is 14.8 Å². The molecule has 3 rings (SSSR count). The average molecular weight is 393 g/mol. The zero-order valence-electron chi connectivity index (χ0n) is 14.7. The van der Waals surface area contributed by atoms with Crippen molar-refractivity contribution in [2.75, 3.05) is 18.5 Å². The van der Waals surface area contributed by atoms with Crippen LogP contribution in [0.5, 0.6) is 11.5 Å². The first-order valence-corrected chi connectivity index (χ1v) is 8.52. The first-order valence-electron chi connectivity index (χ1n) is 8.14. The van der Waals surface area contributed by atoms with Gasteiger partial charge in [-0.3, -0.25) is 4.79 Å². The fraction of sp³-hybridized carbons (Fsp3) is 0.278. The van der Waals surface area contributed by atoms with Crippen LogP contribution in [0.4, 0.5) is 5.82 Å². The Hall–Kier alpha value is -3.00. The number of aryl methyl sites for hydroxylation is 1. The number of nitrogens with zero attached hydrogens (tertiary/aromatic N) is 1. The molecule has 0 fully saturated rings. The number of benzene rings is 1. The molecule has 1 amide bonds. The van der Waals surface area contributed by atoms with Crippen molar-refractivity contribution in [1.29, 1.82) is 0 Å². The quantitative estimate of drug-likeness (QED) is 0.616. The van der Waals surface area contributed by atoms with Gasteiger partial charge < -0.3 is 24.1 Å². The van der Waals surface area contributed by atoms with Gasteiger partial charge in [-0.2, -0.15) is 0 Å². The van der Waals surface area contributed by atoms with E-state index in [2.05, 4.69) is 10.5 Å². The van der Waals surface area contributed by atoms with Gasteiger partial charge in [0.15, 0.2) is 23.4 Å². The lowest BCUT2D eigenvalue weighted by Gasteiger charge is -2.19. The third-order valence-electron chi connectivity index (χ3n) is 3.57. The molecule has 0 bridgehead atoms. The van der Waals surface area contributed by atoms with E-state index in [9.17, 15) is 9.59 Å². The molecule has 1 aliphatic heterocycles. The van der Waals surface area contributed by atoms with Crippen molar-refractivity contribution in [3.05, 3.63) is 40.6 Å². The molecule has 27 heavy (non-hydrogen) atoms. The van der Waals surface area contributed by atoms with Crippen molar-refractivity contribution in [3.8, 4) is 11.5 Å². The van der Waals surface area contributed by atoms with Crippen LogP contribution in [0.25, 0.3) is 6.08 Å². The number of nitrogens with one attached hydrogen (secondary N) is 1. The summed E-state index contributed by atoms with van der Waals surface area (Å²) in [6.45, 7) is 4.01. The van der Waals surface area contributed by atoms with Gasteiger partial charge >= 0.3 is 5.97 Å². The Labute approximate surface area is 160 Å². The molecule has 2 aromatic rings. The minimum absolute atomic E-state index is 0.252. The molecule has 2 heterocycles. The van der Waals surface area contributed by atoms with Gasteiger partial charge in [0, 0.05) is 12.1 Å². The summed E-state index contributed by atoms with van der Waals surface area (Å²) in [6.07, 6.45) is 1.70. The average Bonchev–Trinajstić information content (AvgIpc) is 3.04. The van der Waals surface area contributed by atoms with E-state index in [1.807, 2.05) is 0 Å². The SMILES string of the molecule is Cc1cc(NC(=O)[C@H](C)OC(=O)/C=C/c2cc(Cl)c3c(c2)OCCO3)no1. The molecule has 1 atom stereocenters. The number of hydrogen-bond donors (Lipinski definition) is 1. The Balaban J connectivity index is 1.58. The summed E-state index contributed by atoms with van der Waals surface area (Å²) in [5.74, 6) is 0.596. The summed E-state index contributed by atoms with van der Waals surface area (Å²) >= 11 is 6.15. The van der Waals surface area contributed by atoms with E-state index in [4.69, 9.17) is 30.3 Å². The van der Waals surface area contributed by atoms with Crippen molar-refractivity contribution in [3.63, 3.8) is 0 Å². The highest BCUT2D eigenvalue weighted by Crippen LogP contribution is 2.38. The fourth-order valence-electron chi connectivity index (χ4n) is 2.31. The van der Waals surface area contributed by atoms with Crippen molar-refractivity contribution >= 4 is 35.4 Å². The smallest absolute Gasteiger partial charge is 0.331 e.